The van der Waals surface area contributed by atoms with Gasteiger partial charge in [0.15, 0.2) is 17.5 Å². The van der Waals surface area contributed by atoms with Gasteiger partial charge in [-0.05, 0) is 64.8 Å². The molecule has 0 radical (unpaired) electrons. The third kappa shape index (κ3) is 7.70. The monoisotopic (exact) mass is 529 g/mol. The lowest BCUT2D eigenvalue weighted by molar-refractivity contribution is 0.287. The number of hydrogen-bond acceptors (Lipinski definition) is 4. The number of nitrogens with one attached hydrogen (secondary N) is 2. The van der Waals surface area contributed by atoms with Crippen molar-refractivity contribution in [2.24, 2.45) is 4.99 Å². The van der Waals surface area contributed by atoms with Gasteiger partial charge in [-0.3, -0.25) is 9.67 Å². The molecule has 0 amide bonds. The first-order chi connectivity index (χ1) is 14.0. The van der Waals surface area contributed by atoms with Crippen molar-refractivity contribution in [1.82, 2.24) is 20.4 Å². The van der Waals surface area contributed by atoms with Crippen molar-refractivity contribution < 1.29 is 9.47 Å². The van der Waals surface area contributed by atoms with Crippen LogP contribution >= 0.6 is 24.0 Å². The SMILES string of the molecule is CCOc1ccc(C(C)NC(=NC)NCCCn2nc(C)cc2C)cc1OCC.I. The number of nitrogens with zero attached hydrogens (tertiary/aromatic N) is 3. The van der Waals surface area contributed by atoms with Gasteiger partial charge in [-0.15, -0.1) is 24.0 Å². The molecule has 0 aliphatic heterocycles. The quantitative estimate of drug-likeness (QED) is 0.209. The largest absolute Gasteiger partial charge is 0.490 e. The van der Waals surface area contributed by atoms with Crippen LogP contribution < -0.4 is 20.1 Å². The summed E-state index contributed by atoms with van der Waals surface area (Å²) >= 11 is 0. The number of aliphatic imine (C=N–C) groups is 1. The molecule has 0 bridgehead atoms. The van der Waals surface area contributed by atoms with Gasteiger partial charge in [0.1, 0.15) is 0 Å². The molecule has 0 aliphatic rings. The Kier molecular flexibility index (Phi) is 11.6. The molecule has 0 saturated carbocycles. The van der Waals surface area contributed by atoms with Gasteiger partial charge < -0.3 is 20.1 Å². The molecule has 30 heavy (non-hydrogen) atoms. The van der Waals surface area contributed by atoms with Gasteiger partial charge in [0.25, 0.3) is 0 Å². The predicted molar refractivity (Wildman–Crippen MR) is 133 cm³/mol. The van der Waals surface area contributed by atoms with E-state index in [4.69, 9.17) is 9.47 Å². The van der Waals surface area contributed by atoms with Crippen molar-refractivity contribution in [2.75, 3.05) is 26.8 Å². The van der Waals surface area contributed by atoms with E-state index >= 15 is 0 Å². The number of hydrogen-bond donors (Lipinski definition) is 2. The molecule has 168 valence electrons. The fraction of sp³-hybridized carbons (Fsp3) is 0.545. The molecule has 1 unspecified atom stereocenters. The molecule has 8 heteroatoms. The van der Waals surface area contributed by atoms with Gasteiger partial charge in [0, 0.05) is 25.8 Å². The van der Waals surface area contributed by atoms with Crippen LogP contribution in [0.3, 0.4) is 0 Å². The van der Waals surface area contributed by atoms with Gasteiger partial charge >= 0.3 is 0 Å². The number of guanidine groups is 1. The molecule has 0 saturated heterocycles. The molecule has 2 N–H and O–H groups in total. The van der Waals surface area contributed by atoms with Crippen LogP contribution in [0, 0.1) is 13.8 Å². The van der Waals surface area contributed by atoms with Crippen LogP contribution in [0.25, 0.3) is 0 Å². The van der Waals surface area contributed by atoms with E-state index in [0.717, 1.165) is 48.2 Å². The molecule has 0 aliphatic carbocycles. The lowest BCUT2D eigenvalue weighted by atomic mass is 10.1. The second kappa shape index (κ2) is 13.4. The van der Waals surface area contributed by atoms with Crippen LogP contribution in [-0.4, -0.2) is 42.5 Å². The zero-order chi connectivity index (χ0) is 21.2. The van der Waals surface area contributed by atoms with Crippen molar-refractivity contribution in [1.29, 1.82) is 0 Å². The molecule has 0 spiro atoms. The Labute approximate surface area is 197 Å². The van der Waals surface area contributed by atoms with E-state index < -0.39 is 0 Å². The fourth-order valence-corrected chi connectivity index (χ4v) is 3.16. The molecule has 2 rings (SSSR count). The molecular weight excluding hydrogens is 493 g/mol. The van der Waals surface area contributed by atoms with Crippen molar-refractivity contribution in [3.8, 4) is 11.5 Å². The lowest BCUT2D eigenvalue weighted by Gasteiger charge is -2.20. The summed E-state index contributed by atoms with van der Waals surface area (Å²) in [6.07, 6.45) is 0.967. The van der Waals surface area contributed by atoms with Gasteiger partial charge in [0.2, 0.25) is 0 Å². The minimum Gasteiger partial charge on any atom is -0.490 e. The number of halogens is 1. The molecule has 1 aromatic heterocycles. The average molecular weight is 529 g/mol. The van der Waals surface area contributed by atoms with Gasteiger partial charge in [0.05, 0.1) is 24.9 Å². The van der Waals surface area contributed by atoms with Crippen molar-refractivity contribution in [2.45, 2.75) is 53.6 Å². The first-order valence-electron chi connectivity index (χ1n) is 10.4. The van der Waals surface area contributed by atoms with Crippen molar-refractivity contribution in [3.05, 3.63) is 41.2 Å². The minimum atomic E-state index is 0. The Morgan fingerprint density at radius 3 is 2.43 bits per heavy atom. The Hall–Kier alpha value is -1.97. The lowest BCUT2D eigenvalue weighted by Crippen LogP contribution is -2.39. The summed E-state index contributed by atoms with van der Waals surface area (Å²) < 4.78 is 13.4. The summed E-state index contributed by atoms with van der Waals surface area (Å²) in [4.78, 5) is 4.34. The molecular formula is C22H36IN5O2. The first-order valence-corrected chi connectivity index (χ1v) is 10.4. The Morgan fingerprint density at radius 1 is 1.13 bits per heavy atom. The van der Waals surface area contributed by atoms with Crippen LogP contribution in [0.5, 0.6) is 11.5 Å². The number of aromatic nitrogens is 2. The fourth-order valence-electron chi connectivity index (χ4n) is 3.16. The summed E-state index contributed by atoms with van der Waals surface area (Å²) in [6, 6.07) is 8.23. The van der Waals surface area contributed by atoms with E-state index in [0.29, 0.717) is 13.2 Å². The summed E-state index contributed by atoms with van der Waals surface area (Å²) in [5.74, 6) is 2.32. The third-order valence-corrected chi connectivity index (χ3v) is 4.59. The summed E-state index contributed by atoms with van der Waals surface area (Å²) in [5.41, 5.74) is 3.37. The van der Waals surface area contributed by atoms with Gasteiger partial charge in [-0.1, -0.05) is 6.07 Å². The van der Waals surface area contributed by atoms with E-state index in [-0.39, 0.29) is 30.0 Å². The van der Waals surface area contributed by atoms with Crippen LogP contribution in [0.15, 0.2) is 29.3 Å². The maximum absolute atomic E-state index is 5.74. The number of benzene rings is 1. The zero-order valence-corrected chi connectivity index (χ0v) is 21.3. The third-order valence-electron chi connectivity index (χ3n) is 4.59. The highest BCUT2D eigenvalue weighted by Crippen LogP contribution is 2.30. The number of ether oxygens (including phenoxy) is 2. The standard InChI is InChI=1S/C22H35N5O2.HI/c1-7-28-20-11-10-19(15-21(20)29-8-2)18(5)25-22(23-6)24-12-9-13-27-17(4)14-16(3)26-27;/h10-11,14-15,18H,7-9,12-13H2,1-6H3,(H2,23,24,25);1H. The topological polar surface area (TPSA) is 72.7 Å². The Balaban J connectivity index is 0.00000450. The number of aryl methyl sites for hydroxylation is 3. The van der Waals surface area contributed by atoms with E-state index in [2.05, 4.69) is 46.7 Å². The molecule has 1 atom stereocenters. The van der Waals surface area contributed by atoms with Crippen LogP contribution in [0.1, 0.15) is 50.2 Å². The Morgan fingerprint density at radius 2 is 1.83 bits per heavy atom. The summed E-state index contributed by atoms with van der Waals surface area (Å²) in [5, 5.41) is 11.3. The molecule has 7 nitrogen and oxygen atoms in total. The van der Waals surface area contributed by atoms with E-state index in [1.807, 2.05) is 37.6 Å². The molecule has 2 aromatic rings. The van der Waals surface area contributed by atoms with Gasteiger partial charge in [-0.25, -0.2) is 0 Å². The van der Waals surface area contributed by atoms with E-state index in [1.54, 1.807) is 7.05 Å². The van der Waals surface area contributed by atoms with E-state index in [1.165, 1.54) is 5.69 Å². The first kappa shape index (κ1) is 26.1. The summed E-state index contributed by atoms with van der Waals surface area (Å²) in [6.45, 7) is 13.1. The average Bonchev–Trinajstić information content (AvgIpc) is 3.02. The smallest absolute Gasteiger partial charge is 0.191 e. The second-order valence-electron chi connectivity index (χ2n) is 6.94. The van der Waals surface area contributed by atoms with E-state index in [9.17, 15) is 0 Å². The van der Waals surface area contributed by atoms with Crippen LogP contribution in [-0.2, 0) is 6.54 Å². The highest BCUT2D eigenvalue weighted by molar-refractivity contribution is 14.0. The van der Waals surface area contributed by atoms with Crippen molar-refractivity contribution >= 4 is 29.9 Å². The molecule has 0 fully saturated rings. The highest BCUT2D eigenvalue weighted by atomic mass is 127. The maximum atomic E-state index is 5.74. The minimum absolute atomic E-state index is 0. The Bertz CT molecular complexity index is 807. The van der Waals surface area contributed by atoms with Crippen molar-refractivity contribution in [3.63, 3.8) is 0 Å². The maximum Gasteiger partial charge on any atom is 0.191 e. The molecule has 1 heterocycles. The highest BCUT2D eigenvalue weighted by Gasteiger charge is 2.12. The zero-order valence-electron chi connectivity index (χ0n) is 19.0. The summed E-state index contributed by atoms with van der Waals surface area (Å²) in [7, 11) is 1.78. The second-order valence-corrected chi connectivity index (χ2v) is 6.94. The normalized spacial score (nSPS) is 12.1. The van der Waals surface area contributed by atoms with Crippen LogP contribution in [0.4, 0.5) is 0 Å². The van der Waals surface area contributed by atoms with Gasteiger partial charge in [-0.2, -0.15) is 5.10 Å². The molecule has 1 aromatic carbocycles. The van der Waals surface area contributed by atoms with Crippen LogP contribution in [0.2, 0.25) is 0 Å². The predicted octanol–water partition coefficient (Wildman–Crippen LogP) is 4.23. The number of rotatable bonds is 10.